The van der Waals surface area contributed by atoms with Gasteiger partial charge >= 0.3 is 5.97 Å². The van der Waals surface area contributed by atoms with Crippen LogP contribution in [0, 0.1) is 0 Å². The number of amides is 2. The van der Waals surface area contributed by atoms with E-state index < -0.39 is 24.0 Å². The van der Waals surface area contributed by atoms with Crippen molar-refractivity contribution in [3.8, 4) is 0 Å². The van der Waals surface area contributed by atoms with Crippen LogP contribution in [0.2, 0.25) is 0 Å². The number of carbonyl (C=O) groups excluding carboxylic acids is 2. The maximum Gasteiger partial charge on any atom is 0.330 e. The fourth-order valence-corrected chi connectivity index (χ4v) is 1.81. The van der Waals surface area contributed by atoms with E-state index in [-0.39, 0.29) is 5.91 Å². The molecule has 0 aliphatic heterocycles. The van der Waals surface area contributed by atoms with Gasteiger partial charge in [-0.3, -0.25) is 9.59 Å². The van der Waals surface area contributed by atoms with Crippen LogP contribution in [-0.2, 0) is 14.4 Å². The summed E-state index contributed by atoms with van der Waals surface area (Å²) < 4.78 is 0. The van der Waals surface area contributed by atoms with Crippen molar-refractivity contribution in [1.29, 1.82) is 0 Å². The highest BCUT2D eigenvalue weighted by Gasteiger charge is 2.24. The maximum absolute atomic E-state index is 12.0. The fourth-order valence-electron chi connectivity index (χ4n) is 1.81. The van der Waals surface area contributed by atoms with E-state index in [9.17, 15) is 19.5 Å². The highest BCUT2D eigenvalue weighted by molar-refractivity contribution is 5.90. The lowest BCUT2D eigenvalue weighted by molar-refractivity contribution is -0.142. The summed E-state index contributed by atoms with van der Waals surface area (Å²) in [6.45, 7) is 3.38. The summed E-state index contributed by atoms with van der Waals surface area (Å²) in [4.78, 5) is 34.7. The summed E-state index contributed by atoms with van der Waals surface area (Å²) in [5.41, 5.74) is 0.477. The smallest absolute Gasteiger partial charge is 0.330 e. The lowest BCUT2D eigenvalue weighted by Gasteiger charge is -2.19. The Hall–Kier alpha value is -2.37. The normalized spacial score (nSPS) is 13.0. The molecule has 6 nitrogen and oxygen atoms in total. The number of carbonyl (C=O) groups is 3. The average molecular weight is 292 g/mol. The molecule has 0 aliphatic rings. The molecule has 0 saturated heterocycles. The summed E-state index contributed by atoms with van der Waals surface area (Å²) >= 11 is 0. The Labute approximate surface area is 123 Å². The van der Waals surface area contributed by atoms with Crippen molar-refractivity contribution in [2.45, 2.75) is 38.8 Å². The molecule has 0 heterocycles. The lowest BCUT2D eigenvalue weighted by Crippen LogP contribution is -2.47. The molecule has 1 aromatic carbocycles. The Morgan fingerprint density at radius 2 is 1.76 bits per heavy atom. The van der Waals surface area contributed by atoms with Crippen molar-refractivity contribution in [3.05, 3.63) is 35.9 Å². The van der Waals surface area contributed by atoms with Gasteiger partial charge in [0.2, 0.25) is 11.8 Å². The van der Waals surface area contributed by atoms with Crippen molar-refractivity contribution in [3.63, 3.8) is 0 Å². The molecule has 1 aromatic rings. The van der Waals surface area contributed by atoms with Crippen LogP contribution in [0.1, 0.15) is 38.3 Å². The summed E-state index contributed by atoms with van der Waals surface area (Å²) in [5.74, 6) is -1.91. The first-order chi connectivity index (χ1) is 9.95. The minimum absolute atomic E-state index is 0.230. The van der Waals surface area contributed by atoms with Gasteiger partial charge < -0.3 is 15.7 Å². The van der Waals surface area contributed by atoms with Gasteiger partial charge in [0.05, 0.1) is 0 Å². The SMILES string of the molecule is CCCC(=O)N[C@@H](C)C(=O)N[C@H](C(=O)O)c1ccccc1. The number of carboxylic acids is 1. The highest BCUT2D eigenvalue weighted by Crippen LogP contribution is 2.12. The predicted octanol–water partition coefficient (Wildman–Crippen LogP) is 1.23. The van der Waals surface area contributed by atoms with Gasteiger partial charge in [0, 0.05) is 6.42 Å². The molecule has 3 N–H and O–H groups in total. The second-order valence-corrected chi connectivity index (χ2v) is 4.73. The molecular formula is C15H20N2O4. The Balaban J connectivity index is 2.69. The third-order valence-electron chi connectivity index (χ3n) is 2.91. The number of aliphatic carboxylic acids is 1. The van der Waals surface area contributed by atoms with E-state index in [0.29, 0.717) is 18.4 Å². The zero-order chi connectivity index (χ0) is 15.8. The first kappa shape index (κ1) is 16.7. The zero-order valence-electron chi connectivity index (χ0n) is 12.1. The third kappa shape index (κ3) is 5.25. The molecular weight excluding hydrogens is 272 g/mol. The van der Waals surface area contributed by atoms with Gasteiger partial charge in [0.1, 0.15) is 6.04 Å². The van der Waals surface area contributed by atoms with Gasteiger partial charge in [-0.05, 0) is 18.9 Å². The highest BCUT2D eigenvalue weighted by atomic mass is 16.4. The van der Waals surface area contributed by atoms with Gasteiger partial charge in [0.15, 0.2) is 6.04 Å². The largest absolute Gasteiger partial charge is 0.479 e. The topological polar surface area (TPSA) is 95.5 Å². The number of nitrogens with one attached hydrogen (secondary N) is 2. The minimum atomic E-state index is -1.15. The Bertz CT molecular complexity index is 502. The number of hydrogen-bond acceptors (Lipinski definition) is 3. The Kier molecular flexibility index (Phi) is 6.39. The van der Waals surface area contributed by atoms with Crippen LogP contribution >= 0.6 is 0 Å². The monoisotopic (exact) mass is 292 g/mol. The van der Waals surface area contributed by atoms with Crippen LogP contribution in [0.25, 0.3) is 0 Å². The summed E-state index contributed by atoms with van der Waals surface area (Å²) in [5, 5.41) is 14.2. The molecule has 0 saturated carbocycles. The van der Waals surface area contributed by atoms with E-state index in [4.69, 9.17) is 0 Å². The summed E-state index contributed by atoms with van der Waals surface area (Å²) in [6.07, 6.45) is 1.01. The molecule has 0 aliphatic carbocycles. The quantitative estimate of drug-likeness (QED) is 0.704. The molecule has 114 valence electrons. The standard InChI is InChI=1S/C15H20N2O4/c1-3-7-12(18)16-10(2)14(19)17-13(15(20)21)11-8-5-4-6-9-11/h4-6,8-10,13H,3,7H2,1-2H3,(H,16,18)(H,17,19)(H,20,21)/t10-,13-/m0/s1. The molecule has 0 fully saturated rings. The molecule has 0 aromatic heterocycles. The molecule has 21 heavy (non-hydrogen) atoms. The van der Waals surface area contributed by atoms with Crippen molar-refractivity contribution < 1.29 is 19.5 Å². The molecule has 1 rings (SSSR count). The number of rotatable bonds is 7. The summed E-state index contributed by atoms with van der Waals surface area (Å²) in [7, 11) is 0. The third-order valence-corrected chi connectivity index (χ3v) is 2.91. The molecule has 0 spiro atoms. The van der Waals surface area contributed by atoms with Crippen molar-refractivity contribution in [1.82, 2.24) is 10.6 Å². The van der Waals surface area contributed by atoms with Crippen LogP contribution in [-0.4, -0.2) is 28.9 Å². The van der Waals surface area contributed by atoms with Crippen LogP contribution in [0.4, 0.5) is 0 Å². The van der Waals surface area contributed by atoms with E-state index in [2.05, 4.69) is 10.6 Å². The molecule has 2 amide bonds. The molecule has 0 bridgehead atoms. The Morgan fingerprint density at radius 3 is 2.29 bits per heavy atom. The fraction of sp³-hybridized carbons (Fsp3) is 0.400. The molecule has 6 heteroatoms. The Morgan fingerprint density at radius 1 is 1.14 bits per heavy atom. The number of carboxylic acid groups (broad SMARTS) is 1. The van der Waals surface area contributed by atoms with Gasteiger partial charge in [0.25, 0.3) is 0 Å². The first-order valence-corrected chi connectivity index (χ1v) is 6.83. The van der Waals surface area contributed by atoms with Gasteiger partial charge in [-0.2, -0.15) is 0 Å². The van der Waals surface area contributed by atoms with E-state index in [1.165, 1.54) is 6.92 Å². The van der Waals surface area contributed by atoms with E-state index in [1.54, 1.807) is 30.3 Å². The van der Waals surface area contributed by atoms with Crippen molar-refractivity contribution in [2.24, 2.45) is 0 Å². The molecule has 0 radical (unpaired) electrons. The second-order valence-electron chi connectivity index (χ2n) is 4.73. The van der Waals surface area contributed by atoms with Crippen LogP contribution in [0.5, 0.6) is 0 Å². The predicted molar refractivity (Wildman–Crippen MR) is 77.5 cm³/mol. The van der Waals surface area contributed by atoms with E-state index in [1.807, 2.05) is 6.92 Å². The molecule has 2 atom stereocenters. The second kappa shape index (κ2) is 8.04. The number of benzene rings is 1. The first-order valence-electron chi connectivity index (χ1n) is 6.83. The average Bonchev–Trinajstić information content (AvgIpc) is 2.45. The van der Waals surface area contributed by atoms with Crippen molar-refractivity contribution >= 4 is 17.8 Å². The van der Waals surface area contributed by atoms with E-state index in [0.717, 1.165) is 0 Å². The number of hydrogen-bond donors (Lipinski definition) is 3. The van der Waals surface area contributed by atoms with Gasteiger partial charge in [-0.15, -0.1) is 0 Å². The summed E-state index contributed by atoms with van der Waals surface area (Å²) in [6, 6.07) is 6.49. The van der Waals surface area contributed by atoms with Crippen molar-refractivity contribution in [2.75, 3.05) is 0 Å². The minimum Gasteiger partial charge on any atom is -0.479 e. The van der Waals surface area contributed by atoms with Gasteiger partial charge in [-0.1, -0.05) is 37.3 Å². The van der Waals surface area contributed by atoms with Crippen LogP contribution in [0.3, 0.4) is 0 Å². The zero-order valence-corrected chi connectivity index (χ0v) is 12.1. The lowest BCUT2D eigenvalue weighted by atomic mass is 10.1. The van der Waals surface area contributed by atoms with Crippen LogP contribution < -0.4 is 10.6 Å². The van der Waals surface area contributed by atoms with E-state index >= 15 is 0 Å². The molecule has 0 unspecified atom stereocenters. The van der Waals surface area contributed by atoms with Gasteiger partial charge in [-0.25, -0.2) is 4.79 Å². The maximum atomic E-state index is 12.0. The van der Waals surface area contributed by atoms with Crippen LogP contribution in [0.15, 0.2) is 30.3 Å².